The fraction of sp³-hybridized carbons (Fsp3) is 0.562. The van der Waals surface area contributed by atoms with Crippen LogP contribution in [-0.4, -0.2) is 46.4 Å². The van der Waals surface area contributed by atoms with Crippen LogP contribution in [0.2, 0.25) is 0 Å². The molecule has 0 bridgehead atoms. The number of sulfone groups is 1. The van der Waals surface area contributed by atoms with E-state index in [1.165, 1.54) is 12.1 Å². The van der Waals surface area contributed by atoms with Crippen LogP contribution in [0.3, 0.4) is 0 Å². The summed E-state index contributed by atoms with van der Waals surface area (Å²) in [6.07, 6.45) is 0.672. The van der Waals surface area contributed by atoms with Crippen LogP contribution in [0.25, 0.3) is 0 Å². The standard InChI is InChI=1S/C16H25NO5S/c1-13(2)22-14-5-7-15(8-6-14)23(19,20)12-9-16(18)17-10-4-11-21-3/h5-8,13H,4,9-12H2,1-3H3,(H,17,18). The predicted octanol–water partition coefficient (Wildman–Crippen LogP) is 1.79. The number of hydrogen-bond acceptors (Lipinski definition) is 5. The first-order valence-electron chi connectivity index (χ1n) is 7.60. The van der Waals surface area contributed by atoms with E-state index in [9.17, 15) is 13.2 Å². The predicted molar refractivity (Wildman–Crippen MR) is 88.4 cm³/mol. The van der Waals surface area contributed by atoms with Gasteiger partial charge < -0.3 is 14.8 Å². The van der Waals surface area contributed by atoms with Gasteiger partial charge in [-0.15, -0.1) is 0 Å². The van der Waals surface area contributed by atoms with Crippen molar-refractivity contribution in [2.75, 3.05) is 26.0 Å². The Bertz CT molecular complexity index is 581. The summed E-state index contributed by atoms with van der Waals surface area (Å²) in [5, 5.41) is 2.67. The molecule has 0 atom stereocenters. The lowest BCUT2D eigenvalue weighted by Gasteiger charge is -2.10. The summed E-state index contributed by atoms with van der Waals surface area (Å²) in [4.78, 5) is 11.8. The topological polar surface area (TPSA) is 81.7 Å². The normalized spacial score (nSPS) is 11.5. The second kappa shape index (κ2) is 9.52. The van der Waals surface area contributed by atoms with E-state index in [-0.39, 0.29) is 29.1 Å². The first-order chi connectivity index (χ1) is 10.8. The van der Waals surface area contributed by atoms with Gasteiger partial charge >= 0.3 is 0 Å². The Balaban J connectivity index is 2.50. The van der Waals surface area contributed by atoms with Gasteiger partial charge in [-0.05, 0) is 44.5 Å². The lowest BCUT2D eigenvalue weighted by molar-refractivity contribution is -0.120. The van der Waals surface area contributed by atoms with Crippen LogP contribution in [0.5, 0.6) is 5.75 Å². The molecule has 0 heterocycles. The minimum atomic E-state index is -3.48. The fourth-order valence-corrected chi connectivity index (χ4v) is 3.12. The molecule has 1 aromatic carbocycles. The SMILES string of the molecule is COCCCNC(=O)CCS(=O)(=O)c1ccc(OC(C)C)cc1. The highest BCUT2D eigenvalue weighted by Gasteiger charge is 2.16. The van der Waals surface area contributed by atoms with Gasteiger partial charge in [0, 0.05) is 26.7 Å². The van der Waals surface area contributed by atoms with Crippen molar-refractivity contribution in [2.24, 2.45) is 0 Å². The zero-order valence-corrected chi connectivity index (χ0v) is 14.7. The molecule has 0 unspecified atom stereocenters. The van der Waals surface area contributed by atoms with Crippen LogP contribution in [0.4, 0.5) is 0 Å². The lowest BCUT2D eigenvalue weighted by atomic mass is 10.3. The van der Waals surface area contributed by atoms with Crippen molar-refractivity contribution in [3.8, 4) is 5.75 Å². The molecule has 0 fully saturated rings. The van der Waals surface area contributed by atoms with E-state index in [0.29, 0.717) is 25.3 Å². The number of rotatable bonds is 10. The maximum Gasteiger partial charge on any atom is 0.221 e. The van der Waals surface area contributed by atoms with Gasteiger partial charge in [0.2, 0.25) is 5.91 Å². The van der Waals surface area contributed by atoms with Crippen molar-refractivity contribution in [3.63, 3.8) is 0 Å². The Morgan fingerprint density at radius 1 is 1.22 bits per heavy atom. The molecular weight excluding hydrogens is 318 g/mol. The van der Waals surface area contributed by atoms with Gasteiger partial charge in [0.1, 0.15) is 5.75 Å². The number of ether oxygens (including phenoxy) is 2. The van der Waals surface area contributed by atoms with Crippen molar-refractivity contribution >= 4 is 15.7 Å². The fourth-order valence-electron chi connectivity index (χ4n) is 1.88. The van der Waals surface area contributed by atoms with Crippen LogP contribution < -0.4 is 10.1 Å². The van der Waals surface area contributed by atoms with Gasteiger partial charge in [-0.3, -0.25) is 4.79 Å². The zero-order chi connectivity index (χ0) is 17.3. The Morgan fingerprint density at radius 2 is 1.87 bits per heavy atom. The zero-order valence-electron chi connectivity index (χ0n) is 13.9. The summed E-state index contributed by atoms with van der Waals surface area (Å²) in [6, 6.07) is 6.25. The second-order valence-corrected chi connectivity index (χ2v) is 7.51. The maximum absolute atomic E-state index is 12.2. The smallest absolute Gasteiger partial charge is 0.221 e. The third kappa shape index (κ3) is 7.47. The quantitative estimate of drug-likeness (QED) is 0.655. The molecule has 1 N–H and O–H groups in total. The van der Waals surface area contributed by atoms with Crippen molar-refractivity contribution in [1.29, 1.82) is 0 Å². The van der Waals surface area contributed by atoms with Crippen LogP contribution >= 0.6 is 0 Å². The van der Waals surface area contributed by atoms with Gasteiger partial charge in [-0.1, -0.05) is 0 Å². The van der Waals surface area contributed by atoms with E-state index in [2.05, 4.69) is 5.32 Å². The van der Waals surface area contributed by atoms with Crippen molar-refractivity contribution < 1.29 is 22.7 Å². The minimum absolute atomic E-state index is 0.0271. The highest BCUT2D eigenvalue weighted by atomic mass is 32.2. The van der Waals surface area contributed by atoms with Crippen LogP contribution in [-0.2, 0) is 19.4 Å². The van der Waals surface area contributed by atoms with Crippen LogP contribution in [0.15, 0.2) is 29.2 Å². The molecule has 130 valence electrons. The largest absolute Gasteiger partial charge is 0.491 e. The van der Waals surface area contributed by atoms with Crippen molar-refractivity contribution in [2.45, 2.75) is 37.7 Å². The molecule has 0 aliphatic rings. The number of hydrogen-bond donors (Lipinski definition) is 1. The summed E-state index contributed by atoms with van der Waals surface area (Å²) in [7, 11) is -1.89. The summed E-state index contributed by atoms with van der Waals surface area (Å²) in [5.74, 6) is 0.132. The molecule has 0 aromatic heterocycles. The monoisotopic (exact) mass is 343 g/mol. The van der Waals surface area contributed by atoms with E-state index in [1.54, 1.807) is 19.2 Å². The first-order valence-corrected chi connectivity index (χ1v) is 9.25. The molecule has 7 heteroatoms. The van der Waals surface area contributed by atoms with E-state index in [0.717, 1.165) is 0 Å². The number of benzene rings is 1. The molecule has 0 spiro atoms. The summed E-state index contributed by atoms with van der Waals surface area (Å²) >= 11 is 0. The summed E-state index contributed by atoms with van der Waals surface area (Å²) < 4.78 is 34.8. The maximum atomic E-state index is 12.2. The highest BCUT2D eigenvalue weighted by molar-refractivity contribution is 7.91. The van der Waals surface area contributed by atoms with Crippen molar-refractivity contribution in [3.05, 3.63) is 24.3 Å². The molecule has 0 saturated heterocycles. The molecule has 6 nitrogen and oxygen atoms in total. The number of amides is 1. The molecule has 1 aromatic rings. The van der Waals surface area contributed by atoms with Gasteiger partial charge in [0.25, 0.3) is 0 Å². The summed E-state index contributed by atoms with van der Waals surface area (Å²) in [5.41, 5.74) is 0. The summed E-state index contributed by atoms with van der Waals surface area (Å²) in [6.45, 7) is 4.84. The Kier molecular flexibility index (Phi) is 8.05. The lowest BCUT2D eigenvalue weighted by Crippen LogP contribution is -2.27. The van der Waals surface area contributed by atoms with Crippen LogP contribution in [0, 0.1) is 0 Å². The molecule has 23 heavy (non-hydrogen) atoms. The van der Waals surface area contributed by atoms with Gasteiger partial charge in [0.15, 0.2) is 9.84 Å². The van der Waals surface area contributed by atoms with Gasteiger partial charge in [0.05, 0.1) is 16.8 Å². The van der Waals surface area contributed by atoms with Crippen molar-refractivity contribution in [1.82, 2.24) is 5.32 Å². The highest BCUT2D eigenvalue weighted by Crippen LogP contribution is 2.18. The van der Waals surface area contributed by atoms with E-state index >= 15 is 0 Å². The minimum Gasteiger partial charge on any atom is -0.491 e. The average Bonchev–Trinajstić information content (AvgIpc) is 2.50. The number of nitrogens with one attached hydrogen (secondary N) is 1. The molecule has 0 aliphatic heterocycles. The Morgan fingerprint density at radius 3 is 2.43 bits per heavy atom. The third-order valence-corrected chi connectivity index (χ3v) is 4.73. The van der Waals surface area contributed by atoms with Gasteiger partial charge in [-0.2, -0.15) is 0 Å². The first kappa shape index (κ1) is 19.4. The van der Waals surface area contributed by atoms with E-state index in [1.807, 2.05) is 13.8 Å². The van der Waals surface area contributed by atoms with E-state index in [4.69, 9.17) is 9.47 Å². The number of carbonyl (C=O) groups excluding carboxylic acids is 1. The molecular formula is C16H25NO5S. The Labute approximate surface area is 138 Å². The van der Waals surface area contributed by atoms with E-state index < -0.39 is 9.84 Å². The molecule has 0 radical (unpaired) electrons. The second-order valence-electron chi connectivity index (χ2n) is 5.40. The number of carbonyl (C=O) groups is 1. The van der Waals surface area contributed by atoms with Crippen LogP contribution in [0.1, 0.15) is 26.7 Å². The number of methoxy groups -OCH3 is 1. The molecule has 1 amide bonds. The molecule has 0 aliphatic carbocycles. The molecule has 1 rings (SSSR count). The third-order valence-electron chi connectivity index (χ3n) is 3.00. The molecule has 0 saturated carbocycles. The average molecular weight is 343 g/mol. The van der Waals surface area contributed by atoms with Gasteiger partial charge in [-0.25, -0.2) is 8.42 Å². The Hall–Kier alpha value is -1.60.